The molecule has 1 aliphatic rings. The third-order valence-electron chi connectivity index (χ3n) is 4.36. The molecule has 0 aliphatic carbocycles. The third-order valence-corrected chi connectivity index (χ3v) is 4.36. The van der Waals surface area contributed by atoms with Crippen LogP contribution in [0.15, 0.2) is 29.3 Å². The van der Waals surface area contributed by atoms with Gasteiger partial charge in [-0.15, -0.1) is 24.0 Å². The molecule has 27 heavy (non-hydrogen) atoms. The summed E-state index contributed by atoms with van der Waals surface area (Å²) >= 11 is 0. The van der Waals surface area contributed by atoms with Crippen LogP contribution < -0.4 is 20.1 Å². The summed E-state index contributed by atoms with van der Waals surface area (Å²) in [5.74, 6) is 2.54. The first-order valence-corrected chi connectivity index (χ1v) is 9.11. The Labute approximate surface area is 178 Å². The van der Waals surface area contributed by atoms with Crippen LogP contribution in [0.2, 0.25) is 0 Å². The van der Waals surface area contributed by atoms with Crippen molar-refractivity contribution < 1.29 is 14.3 Å². The lowest BCUT2D eigenvalue weighted by atomic mass is 10.3. The molecule has 1 amide bonds. The van der Waals surface area contributed by atoms with Gasteiger partial charge < -0.3 is 25.0 Å². The summed E-state index contributed by atoms with van der Waals surface area (Å²) in [5, 5.41) is 6.66. The maximum atomic E-state index is 11.8. The molecule has 8 heteroatoms. The number of hydrogen-bond donors (Lipinski definition) is 2. The van der Waals surface area contributed by atoms with Gasteiger partial charge in [0.1, 0.15) is 17.6 Å². The normalized spacial score (nSPS) is 17.7. The van der Waals surface area contributed by atoms with Gasteiger partial charge in [0.25, 0.3) is 0 Å². The number of carbonyl (C=O) groups is 1. The molecule has 0 spiro atoms. The van der Waals surface area contributed by atoms with Gasteiger partial charge in [-0.2, -0.15) is 0 Å². The highest BCUT2D eigenvalue weighted by Crippen LogP contribution is 2.18. The number of amides is 1. The van der Waals surface area contributed by atoms with E-state index >= 15 is 0 Å². The highest BCUT2D eigenvalue weighted by molar-refractivity contribution is 14.0. The summed E-state index contributed by atoms with van der Waals surface area (Å²) in [7, 11) is 3.39. The van der Waals surface area contributed by atoms with Crippen LogP contribution in [-0.2, 0) is 4.79 Å². The topological polar surface area (TPSA) is 75.2 Å². The second-order valence-corrected chi connectivity index (χ2v) is 6.38. The van der Waals surface area contributed by atoms with E-state index in [1.165, 1.54) is 0 Å². The Hall–Kier alpha value is -1.71. The first-order chi connectivity index (χ1) is 12.5. The van der Waals surface area contributed by atoms with Crippen LogP contribution in [0.1, 0.15) is 26.7 Å². The fraction of sp³-hybridized carbons (Fsp3) is 0.579. The fourth-order valence-corrected chi connectivity index (χ4v) is 2.88. The Morgan fingerprint density at radius 3 is 2.59 bits per heavy atom. The zero-order valence-corrected chi connectivity index (χ0v) is 18.9. The maximum absolute atomic E-state index is 11.8. The minimum atomic E-state index is -0.0244. The zero-order chi connectivity index (χ0) is 18.9. The second kappa shape index (κ2) is 11.9. The van der Waals surface area contributed by atoms with E-state index in [1.807, 2.05) is 43.0 Å². The van der Waals surface area contributed by atoms with Gasteiger partial charge >= 0.3 is 0 Å². The molecule has 7 nitrogen and oxygen atoms in total. The van der Waals surface area contributed by atoms with Crippen LogP contribution in [0.4, 0.5) is 0 Å². The number of likely N-dealkylation sites (tertiary alicyclic amines) is 1. The summed E-state index contributed by atoms with van der Waals surface area (Å²) in [6.45, 7) is 6.05. The molecule has 1 saturated heterocycles. The summed E-state index contributed by atoms with van der Waals surface area (Å²) in [4.78, 5) is 17.9. The van der Waals surface area contributed by atoms with Gasteiger partial charge in [0, 0.05) is 32.6 Å². The van der Waals surface area contributed by atoms with E-state index in [9.17, 15) is 4.79 Å². The van der Waals surface area contributed by atoms with E-state index in [4.69, 9.17) is 9.47 Å². The van der Waals surface area contributed by atoms with Crippen molar-refractivity contribution in [2.75, 3.05) is 33.8 Å². The number of aliphatic imine (C=N–C) groups is 1. The summed E-state index contributed by atoms with van der Waals surface area (Å²) in [6.07, 6.45) is 1.47. The van der Waals surface area contributed by atoms with Gasteiger partial charge in [-0.3, -0.25) is 9.79 Å². The number of nitrogens with zero attached hydrogens (tertiary/aromatic N) is 2. The molecular formula is C19H31IN4O3. The Morgan fingerprint density at radius 2 is 2.00 bits per heavy atom. The Kier molecular flexibility index (Phi) is 10.3. The number of methoxy groups -OCH3 is 1. The molecule has 2 N–H and O–H groups in total. The van der Waals surface area contributed by atoms with Crippen LogP contribution >= 0.6 is 24.0 Å². The summed E-state index contributed by atoms with van der Waals surface area (Å²) in [5.41, 5.74) is 0. The molecule has 0 saturated carbocycles. The Balaban J connectivity index is 0.00000364. The summed E-state index contributed by atoms with van der Waals surface area (Å²) in [6, 6.07) is 7.76. The molecule has 1 heterocycles. The number of ether oxygens (including phenoxy) is 2. The second-order valence-electron chi connectivity index (χ2n) is 6.38. The van der Waals surface area contributed by atoms with Crippen molar-refractivity contribution in [3.8, 4) is 11.5 Å². The molecule has 2 atom stereocenters. The first kappa shape index (κ1) is 23.3. The molecule has 1 aromatic carbocycles. The molecule has 0 radical (unpaired) electrons. The van der Waals surface area contributed by atoms with Gasteiger partial charge in [-0.05, 0) is 37.6 Å². The number of rotatable bonds is 7. The van der Waals surface area contributed by atoms with E-state index in [0.717, 1.165) is 37.0 Å². The van der Waals surface area contributed by atoms with Gasteiger partial charge in [0.15, 0.2) is 5.96 Å². The largest absolute Gasteiger partial charge is 0.497 e. The Morgan fingerprint density at radius 1 is 1.33 bits per heavy atom. The van der Waals surface area contributed by atoms with Crippen LogP contribution in [0.5, 0.6) is 11.5 Å². The standard InChI is InChI=1S/C19H30N4O3.HI/c1-5-18(24)23-11-10-15(13-23)22-19(20-3)21-12-14(2)26-17-8-6-16(25-4)7-9-17;/h6-9,14-15H,5,10-13H2,1-4H3,(H2,20,21,22);1H. The maximum Gasteiger partial charge on any atom is 0.222 e. The molecule has 2 unspecified atom stereocenters. The number of guanidine groups is 1. The van der Waals surface area contributed by atoms with E-state index in [2.05, 4.69) is 15.6 Å². The molecule has 152 valence electrons. The quantitative estimate of drug-likeness (QED) is 0.349. The zero-order valence-electron chi connectivity index (χ0n) is 16.5. The van der Waals surface area contributed by atoms with Crippen LogP contribution in [0.25, 0.3) is 0 Å². The molecule has 2 rings (SSSR count). The average Bonchev–Trinajstić information content (AvgIpc) is 3.13. The molecular weight excluding hydrogens is 459 g/mol. The van der Waals surface area contributed by atoms with Crippen LogP contribution in [-0.4, -0.2) is 62.7 Å². The molecule has 0 aromatic heterocycles. The lowest BCUT2D eigenvalue weighted by Crippen LogP contribution is -2.47. The average molecular weight is 490 g/mol. The van der Waals surface area contributed by atoms with E-state index < -0.39 is 0 Å². The fourth-order valence-electron chi connectivity index (χ4n) is 2.88. The Bertz CT molecular complexity index is 609. The van der Waals surface area contributed by atoms with Crippen molar-refractivity contribution in [2.24, 2.45) is 4.99 Å². The molecule has 1 aliphatic heterocycles. The first-order valence-electron chi connectivity index (χ1n) is 9.11. The van der Waals surface area contributed by atoms with Gasteiger partial charge in [-0.25, -0.2) is 0 Å². The van der Waals surface area contributed by atoms with Crippen molar-refractivity contribution >= 4 is 35.8 Å². The number of carbonyl (C=O) groups excluding carboxylic acids is 1. The lowest BCUT2D eigenvalue weighted by molar-refractivity contribution is -0.129. The lowest BCUT2D eigenvalue weighted by Gasteiger charge is -2.21. The molecule has 0 bridgehead atoms. The highest BCUT2D eigenvalue weighted by atomic mass is 127. The van der Waals surface area contributed by atoms with Crippen molar-refractivity contribution in [1.29, 1.82) is 0 Å². The predicted molar refractivity (Wildman–Crippen MR) is 118 cm³/mol. The van der Waals surface area contributed by atoms with Gasteiger partial charge in [-0.1, -0.05) is 6.92 Å². The number of halogens is 1. The third kappa shape index (κ3) is 7.43. The summed E-state index contributed by atoms with van der Waals surface area (Å²) < 4.78 is 11.0. The van der Waals surface area contributed by atoms with Crippen molar-refractivity contribution in [3.05, 3.63) is 24.3 Å². The van der Waals surface area contributed by atoms with E-state index in [-0.39, 0.29) is 42.0 Å². The number of hydrogen-bond acceptors (Lipinski definition) is 4. The predicted octanol–water partition coefficient (Wildman–Crippen LogP) is 2.26. The van der Waals surface area contributed by atoms with E-state index in [0.29, 0.717) is 13.0 Å². The van der Waals surface area contributed by atoms with Gasteiger partial charge in [0.2, 0.25) is 5.91 Å². The monoisotopic (exact) mass is 490 g/mol. The van der Waals surface area contributed by atoms with E-state index in [1.54, 1.807) is 14.2 Å². The molecule has 1 aromatic rings. The number of nitrogens with one attached hydrogen (secondary N) is 2. The SMILES string of the molecule is CCC(=O)N1CCC(NC(=NC)NCC(C)Oc2ccc(OC)cc2)C1.I. The smallest absolute Gasteiger partial charge is 0.222 e. The van der Waals surface area contributed by atoms with Crippen LogP contribution in [0.3, 0.4) is 0 Å². The van der Waals surface area contributed by atoms with Crippen LogP contribution in [0, 0.1) is 0 Å². The van der Waals surface area contributed by atoms with Crippen molar-refractivity contribution in [2.45, 2.75) is 38.8 Å². The minimum absolute atomic E-state index is 0. The highest BCUT2D eigenvalue weighted by Gasteiger charge is 2.25. The van der Waals surface area contributed by atoms with Crippen molar-refractivity contribution in [3.63, 3.8) is 0 Å². The number of benzene rings is 1. The van der Waals surface area contributed by atoms with Gasteiger partial charge in [0.05, 0.1) is 13.7 Å². The van der Waals surface area contributed by atoms with Crippen molar-refractivity contribution in [1.82, 2.24) is 15.5 Å². The molecule has 1 fully saturated rings. The minimum Gasteiger partial charge on any atom is -0.497 e.